The minimum absolute atomic E-state index is 0.0328. The zero-order chi connectivity index (χ0) is 27.0. The number of likely N-dealkylation sites (N-methyl/N-ethyl adjacent to an activating group) is 1. The van der Waals surface area contributed by atoms with Crippen LogP contribution in [0, 0.1) is 0 Å². The largest absolute Gasteiger partial charge is 0.355 e. The predicted octanol–water partition coefficient (Wildman–Crippen LogP) is 4.64. The summed E-state index contributed by atoms with van der Waals surface area (Å²) in [5.74, 6) is -0.859. The quantitative estimate of drug-likeness (QED) is 0.345. The summed E-state index contributed by atoms with van der Waals surface area (Å²) in [5.41, 5.74) is 1.85. The van der Waals surface area contributed by atoms with Crippen LogP contribution in [0.25, 0.3) is 0 Å². The molecule has 1 N–H and O–H groups in total. The second-order valence-electron chi connectivity index (χ2n) is 8.46. The molecule has 37 heavy (non-hydrogen) atoms. The fourth-order valence-electron chi connectivity index (χ4n) is 3.88. The molecule has 1 atom stereocenters. The Hall–Kier alpha value is -2.88. The van der Waals surface area contributed by atoms with Gasteiger partial charge >= 0.3 is 0 Å². The van der Waals surface area contributed by atoms with E-state index < -0.39 is 28.5 Å². The Morgan fingerprint density at radius 2 is 1.59 bits per heavy atom. The maximum atomic E-state index is 13.9. The van der Waals surface area contributed by atoms with Gasteiger partial charge in [0.2, 0.25) is 21.8 Å². The molecule has 2 amide bonds. The normalized spacial score (nSPS) is 12.0. The van der Waals surface area contributed by atoms with Gasteiger partial charge in [-0.05, 0) is 48.4 Å². The molecule has 0 aromatic heterocycles. The summed E-state index contributed by atoms with van der Waals surface area (Å²) in [4.78, 5) is 28.6. The second-order valence-corrected chi connectivity index (χ2v) is 11.7. The number of nitrogens with zero attached hydrogens (tertiary/aromatic N) is 2. The number of anilines is 1. The van der Waals surface area contributed by atoms with E-state index in [-0.39, 0.29) is 18.9 Å². The summed E-state index contributed by atoms with van der Waals surface area (Å²) < 4.78 is 27.3. The Kier molecular flexibility index (Phi) is 10.1. The molecule has 0 radical (unpaired) electrons. The van der Waals surface area contributed by atoms with Crippen molar-refractivity contribution in [3.63, 3.8) is 0 Å². The molecule has 0 aliphatic heterocycles. The van der Waals surface area contributed by atoms with Crippen LogP contribution >= 0.6 is 27.5 Å². The van der Waals surface area contributed by atoms with E-state index in [0.717, 1.165) is 20.6 Å². The molecule has 3 aromatic carbocycles. The molecule has 7 nitrogen and oxygen atoms in total. The Balaban J connectivity index is 2.04. The summed E-state index contributed by atoms with van der Waals surface area (Å²) >= 11 is 9.76. The first-order valence-corrected chi connectivity index (χ1v) is 14.7. The lowest BCUT2D eigenvalue weighted by molar-refractivity contribution is -0.140. The highest BCUT2D eigenvalue weighted by molar-refractivity contribution is 9.10. The second kappa shape index (κ2) is 13.1. The lowest BCUT2D eigenvalue weighted by Gasteiger charge is -2.33. The first-order chi connectivity index (χ1) is 17.6. The SMILES string of the molecule is CCNC(=O)C(Cc1ccccc1)N(Cc1ccccc1Cl)C(=O)CN(c1ccc(Br)cc1)S(C)(=O)=O. The van der Waals surface area contributed by atoms with Crippen LogP contribution in [0.2, 0.25) is 5.02 Å². The van der Waals surface area contributed by atoms with Crippen LogP contribution in [-0.4, -0.2) is 50.5 Å². The smallest absolute Gasteiger partial charge is 0.244 e. The molecule has 0 saturated heterocycles. The van der Waals surface area contributed by atoms with Crippen molar-refractivity contribution in [2.45, 2.75) is 25.9 Å². The lowest BCUT2D eigenvalue weighted by atomic mass is 10.0. The van der Waals surface area contributed by atoms with E-state index in [1.54, 1.807) is 55.5 Å². The monoisotopic (exact) mass is 605 g/mol. The third-order valence-corrected chi connectivity index (χ3v) is 7.75. The molecule has 0 fully saturated rings. The predicted molar refractivity (Wildman–Crippen MR) is 151 cm³/mol. The van der Waals surface area contributed by atoms with Crippen molar-refractivity contribution in [2.75, 3.05) is 23.7 Å². The lowest BCUT2D eigenvalue weighted by Crippen LogP contribution is -2.53. The number of rotatable bonds is 11. The van der Waals surface area contributed by atoms with Crippen molar-refractivity contribution >= 4 is 55.1 Å². The number of amides is 2. The molecule has 10 heteroatoms. The number of carbonyl (C=O) groups is 2. The van der Waals surface area contributed by atoms with Crippen LogP contribution in [0.4, 0.5) is 5.69 Å². The number of benzene rings is 3. The summed E-state index contributed by atoms with van der Waals surface area (Å²) in [6, 6.07) is 22.2. The molecule has 0 saturated carbocycles. The van der Waals surface area contributed by atoms with Crippen molar-refractivity contribution in [3.8, 4) is 0 Å². The third kappa shape index (κ3) is 8.05. The topological polar surface area (TPSA) is 86.8 Å². The van der Waals surface area contributed by atoms with Crippen LogP contribution in [0.15, 0.2) is 83.3 Å². The Bertz CT molecular complexity index is 1320. The number of halogens is 2. The molecular formula is C27H29BrClN3O4S. The zero-order valence-corrected chi connectivity index (χ0v) is 23.8. The van der Waals surface area contributed by atoms with Gasteiger partial charge < -0.3 is 10.2 Å². The molecule has 196 valence electrons. The van der Waals surface area contributed by atoms with Gasteiger partial charge in [-0.2, -0.15) is 0 Å². The molecule has 0 aliphatic rings. The van der Waals surface area contributed by atoms with Crippen LogP contribution in [0.3, 0.4) is 0 Å². The van der Waals surface area contributed by atoms with E-state index in [1.165, 1.54) is 4.90 Å². The molecule has 3 aromatic rings. The van der Waals surface area contributed by atoms with E-state index in [4.69, 9.17) is 11.6 Å². The van der Waals surface area contributed by atoms with Gasteiger partial charge in [-0.3, -0.25) is 13.9 Å². The van der Waals surface area contributed by atoms with Gasteiger partial charge in [0.1, 0.15) is 12.6 Å². The molecule has 0 heterocycles. The highest BCUT2D eigenvalue weighted by Gasteiger charge is 2.33. The third-order valence-electron chi connectivity index (χ3n) is 5.71. The van der Waals surface area contributed by atoms with Gasteiger partial charge in [0.15, 0.2) is 0 Å². The first-order valence-electron chi connectivity index (χ1n) is 11.7. The highest BCUT2D eigenvalue weighted by Crippen LogP contribution is 2.24. The molecular weight excluding hydrogens is 578 g/mol. The summed E-state index contributed by atoms with van der Waals surface area (Å²) in [5, 5.41) is 3.27. The number of hydrogen-bond acceptors (Lipinski definition) is 4. The van der Waals surface area contributed by atoms with E-state index in [1.807, 2.05) is 30.3 Å². The average molecular weight is 607 g/mol. The number of carbonyl (C=O) groups excluding carboxylic acids is 2. The Morgan fingerprint density at radius 3 is 2.19 bits per heavy atom. The van der Waals surface area contributed by atoms with Crippen molar-refractivity contribution in [2.24, 2.45) is 0 Å². The highest BCUT2D eigenvalue weighted by atomic mass is 79.9. The summed E-state index contributed by atoms with van der Waals surface area (Å²) in [6.07, 6.45) is 1.30. The van der Waals surface area contributed by atoms with E-state index in [2.05, 4.69) is 21.2 Å². The van der Waals surface area contributed by atoms with E-state index in [0.29, 0.717) is 22.8 Å². The molecule has 3 rings (SSSR count). The minimum Gasteiger partial charge on any atom is -0.355 e. The average Bonchev–Trinajstić information content (AvgIpc) is 2.86. The fraction of sp³-hybridized carbons (Fsp3) is 0.259. The van der Waals surface area contributed by atoms with Crippen LogP contribution < -0.4 is 9.62 Å². The van der Waals surface area contributed by atoms with Crippen LogP contribution in [-0.2, 0) is 32.6 Å². The van der Waals surface area contributed by atoms with Crippen LogP contribution in [0.1, 0.15) is 18.1 Å². The molecule has 1 unspecified atom stereocenters. The standard InChI is InChI=1S/C27H29BrClN3O4S/c1-3-30-27(34)25(17-20-9-5-4-6-10-20)31(18-21-11-7-8-12-24(21)29)26(33)19-32(37(2,35)36)23-15-13-22(28)14-16-23/h4-16,25H,3,17-19H2,1-2H3,(H,30,34). The van der Waals surface area contributed by atoms with Crippen molar-refractivity contribution in [3.05, 3.63) is 99.5 Å². The first kappa shape index (κ1) is 28.7. The van der Waals surface area contributed by atoms with E-state index >= 15 is 0 Å². The van der Waals surface area contributed by atoms with Crippen molar-refractivity contribution in [1.29, 1.82) is 0 Å². The fourth-order valence-corrected chi connectivity index (χ4v) is 5.19. The summed E-state index contributed by atoms with van der Waals surface area (Å²) in [7, 11) is -3.81. The Labute approximate surface area is 231 Å². The zero-order valence-electron chi connectivity index (χ0n) is 20.6. The maximum absolute atomic E-state index is 13.9. The van der Waals surface area contributed by atoms with Gasteiger partial charge in [-0.15, -0.1) is 0 Å². The number of hydrogen-bond donors (Lipinski definition) is 1. The number of nitrogens with one attached hydrogen (secondary N) is 1. The van der Waals surface area contributed by atoms with Crippen LogP contribution in [0.5, 0.6) is 0 Å². The van der Waals surface area contributed by atoms with Gasteiger partial charge in [-0.25, -0.2) is 8.42 Å². The molecule has 0 spiro atoms. The molecule has 0 aliphatic carbocycles. The Morgan fingerprint density at radius 1 is 0.973 bits per heavy atom. The maximum Gasteiger partial charge on any atom is 0.244 e. The van der Waals surface area contributed by atoms with Crippen molar-refractivity contribution in [1.82, 2.24) is 10.2 Å². The molecule has 0 bridgehead atoms. The van der Waals surface area contributed by atoms with Gasteiger partial charge in [0.25, 0.3) is 0 Å². The van der Waals surface area contributed by atoms with Crippen molar-refractivity contribution < 1.29 is 18.0 Å². The number of sulfonamides is 1. The summed E-state index contributed by atoms with van der Waals surface area (Å²) in [6.45, 7) is 1.74. The van der Waals surface area contributed by atoms with Gasteiger partial charge in [0, 0.05) is 29.0 Å². The van der Waals surface area contributed by atoms with Gasteiger partial charge in [-0.1, -0.05) is 76.1 Å². The minimum atomic E-state index is -3.81. The van der Waals surface area contributed by atoms with Gasteiger partial charge in [0.05, 0.1) is 11.9 Å². The van der Waals surface area contributed by atoms with E-state index in [9.17, 15) is 18.0 Å².